The number of thiophene rings is 1. The fraction of sp³-hybridized carbons (Fsp3) is 0.143. The topological polar surface area (TPSA) is 53.4 Å². The summed E-state index contributed by atoms with van der Waals surface area (Å²) in [7, 11) is 3.18. The van der Waals surface area contributed by atoms with E-state index in [1.165, 1.54) is 11.3 Å². The van der Waals surface area contributed by atoms with Crippen molar-refractivity contribution in [2.75, 3.05) is 14.2 Å². The molecule has 2 aromatic heterocycles. The molecule has 4 rings (SSSR count). The third kappa shape index (κ3) is 3.43. The molecule has 0 aliphatic carbocycles. The quantitative estimate of drug-likeness (QED) is 0.426. The highest BCUT2D eigenvalue weighted by molar-refractivity contribution is 9.10. The fourth-order valence-corrected chi connectivity index (χ4v) is 4.46. The molecule has 28 heavy (non-hydrogen) atoms. The SMILES string of the molecule is COc1cc(Br)c(Cn2cnc3sc(-c4ccccc4)cc3c2=O)cc1OC. The third-order valence-corrected chi connectivity index (χ3v) is 6.30. The molecule has 0 N–H and O–H groups in total. The van der Waals surface area contributed by atoms with Crippen LogP contribution in [0.2, 0.25) is 0 Å². The molecule has 0 aliphatic heterocycles. The number of benzene rings is 2. The molecule has 7 heteroatoms. The van der Waals surface area contributed by atoms with Crippen LogP contribution < -0.4 is 15.0 Å². The summed E-state index contributed by atoms with van der Waals surface area (Å²) in [4.78, 5) is 19.3. The van der Waals surface area contributed by atoms with E-state index in [2.05, 4.69) is 20.9 Å². The molecule has 0 fully saturated rings. The van der Waals surface area contributed by atoms with Crippen molar-refractivity contribution < 1.29 is 9.47 Å². The van der Waals surface area contributed by atoms with Crippen LogP contribution in [-0.2, 0) is 6.54 Å². The number of aromatic nitrogens is 2. The second-order valence-corrected chi connectivity index (χ2v) is 8.06. The van der Waals surface area contributed by atoms with Gasteiger partial charge in [0.05, 0.1) is 32.5 Å². The zero-order valence-electron chi connectivity index (χ0n) is 15.3. The number of halogens is 1. The van der Waals surface area contributed by atoms with Crippen molar-refractivity contribution in [2.45, 2.75) is 6.54 Å². The molecule has 0 spiro atoms. The van der Waals surface area contributed by atoms with Gasteiger partial charge in [0.15, 0.2) is 11.5 Å². The lowest BCUT2D eigenvalue weighted by Gasteiger charge is -2.12. The summed E-state index contributed by atoms with van der Waals surface area (Å²) in [6.45, 7) is 0.374. The number of methoxy groups -OCH3 is 2. The molecule has 0 saturated carbocycles. The normalized spacial score (nSPS) is 11.0. The minimum atomic E-state index is -0.0647. The molecule has 2 heterocycles. The van der Waals surface area contributed by atoms with Crippen LogP contribution in [0.15, 0.2) is 64.1 Å². The highest BCUT2D eigenvalue weighted by Crippen LogP contribution is 2.34. The molecule has 0 amide bonds. The van der Waals surface area contributed by atoms with E-state index < -0.39 is 0 Å². The van der Waals surface area contributed by atoms with Gasteiger partial charge < -0.3 is 9.47 Å². The number of hydrogen-bond acceptors (Lipinski definition) is 5. The van der Waals surface area contributed by atoms with Crippen molar-refractivity contribution in [3.05, 3.63) is 75.2 Å². The first-order chi connectivity index (χ1) is 13.6. The van der Waals surface area contributed by atoms with E-state index in [1.54, 1.807) is 25.1 Å². The summed E-state index contributed by atoms with van der Waals surface area (Å²) in [5, 5.41) is 0.628. The minimum absolute atomic E-state index is 0.0647. The lowest BCUT2D eigenvalue weighted by atomic mass is 10.2. The lowest BCUT2D eigenvalue weighted by molar-refractivity contribution is 0.354. The van der Waals surface area contributed by atoms with Gasteiger partial charge in [-0.3, -0.25) is 9.36 Å². The van der Waals surface area contributed by atoms with Gasteiger partial charge in [0.1, 0.15) is 4.83 Å². The first-order valence-electron chi connectivity index (χ1n) is 8.55. The first kappa shape index (κ1) is 18.7. The van der Waals surface area contributed by atoms with E-state index in [9.17, 15) is 4.79 Å². The van der Waals surface area contributed by atoms with Gasteiger partial charge in [0.25, 0.3) is 5.56 Å². The van der Waals surface area contributed by atoms with Crippen molar-refractivity contribution in [1.29, 1.82) is 0 Å². The predicted molar refractivity (Wildman–Crippen MR) is 116 cm³/mol. The molecule has 0 bridgehead atoms. The Labute approximate surface area is 174 Å². The highest BCUT2D eigenvalue weighted by atomic mass is 79.9. The number of ether oxygens (including phenoxy) is 2. The van der Waals surface area contributed by atoms with Crippen LogP contribution in [0.25, 0.3) is 20.7 Å². The molecule has 142 valence electrons. The maximum absolute atomic E-state index is 13.0. The van der Waals surface area contributed by atoms with Crippen molar-refractivity contribution >= 4 is 37.5 Å². The van der Waals surface area contributed by atoms with Gasteiger partial charge in [0, 0.05) is 9.35 Å². The van der Waals surface area contributed by atoms with Gasteiger partial charge >= 0.3 is 0 Å². The van der Waals surface area contributed by atoms with E-state index in [-0.39, 0.29) is 5.56 Å². The summed E-state index contributed by atoms with van der Waals surface area (Å²) < 4.78 is 13.1. The Hall–Kier alpha value is -2.64. The molecule has 0 atom stereocenters. The van der Waals surface area contributed by atoms with E-state index >= 15 is 0 Å². The van der Waals surface area contributed by atoms with E-state index in [1.807, 2.05) is 48.5 Å². The van der Waals surface area contributed by atoms with Gasteiger partial charge in [-0.05, 0) is 29.3 Å². The Bertz CT molecular complexity index is 1200. The maximum Gasteiger partial charge on any atom is 0.262 e. The van der Waals surface area contributed by atoms with Gasteiger partial charge in [0.2, 0.25) is 0 Å². The zero-order valence-corrected chi connectivity index (χ0v) is 17.7. The summed E-state index contributed by atoms with van der Waals surface area (Å²) >= 11 is 5.07. The van der Waals surface area contributed by atoms with E-state index in [4.69, 9.17) is 9.47 Å². The Morgan fingerprint density at radius 2 is 1.79 bits per heavy atom. The molecule has 0 unspecified atom stereocenters. The van der Waals surface area contributed by atoms with Crippen molar-refractivity contribution in [3.63, 3.8) is 0 Å². The van der Waals surface area contributed by atoms with Gasteiger partial charge in [-0.1, -0.05) is 46.3 Å². The molecule has 0 radical (unpaired) electrons. The Kier molecular flexibility index (Phi) is 5.19. The Morgan fingerprint density at radius 1 is 1.07 bits per heavy atom. The fourth-order valence-electron chi connectivity index (χ4n) is 3.02. The molecule has 4 aromatic rings. The highest BCUT2D eigenvalue weighted by Gasteiger charge is 2.14. The average molecular weight is 457 g/mol. The molecular formula is C21H17BrN2O3S. The van der Waals surface area contributed by atoms with Gasteiger partial charge in [-0.25, -0.2) is 4.98 Å². The molecule has 0 aliphatic rings. The molecular weight excluding hydrogens is 440 g/mol. The van der Waals surface area contributed by atoms with Crippen molar-refractivity contribution in [1.82, 2.24) is 9.55 Å². The summed E-state index contributed by atoms with van der Waals surface area (Å²) in [5.41, 5.74) is 1.92. The van der Waals surface area contributed by atoms with Gasteiger partial charge in [-0.15, -0.1) is 11.3 Å². The number of fused-ring (bicyclic) bond motifs is 1. The van der Waals surface area contributed by atoms with Gasteiger partial charge in [-0.2, -0.15) is 0 Å². The number of hydrogen-bond donors (Lipinski definition) is 0. The van der Waals surface area contributed by atoms with Crippen LogP contribution in [0, 0.1) is 0 Å². The lowest BCUT2D eigenvalue weighted by Crippen LogP contribution is -2.20. The zero-order chi connectivity index (χ0) is 19.7. The smallest absolute Gasteiger partial charge is 0.262 e. The Morgan fingerprint density at radius 3 is 2.50 bits per heavy atom. The van der Waals surface area contributed by atoms with Crippen molar-refractivity contribution in [3.8, 4) is 21.9 Å². The molecule has 5 nitrogen and oxygen atoms in total. The number of rotatable bonds is 5. The second kappa shape index (κ2) is 7.77. The summed E-state index contributed by atoms with van der Waals surface area (Å²) in [5.74, 6) is 1.24. The largest absolute Gasteiger partial charge is 0.493 e. The minimum Gasteiger partial charge on any atom is -0.493 e. The summed E-state index contributed by atoms with van der Waals surface area (Å²) in [6, 6.07) is 15.6. The maximum atomic E-state index is 13.0. The van der Waals surface area contributed by atoms with E-state index in [0.29, 0.717) is 23.4 Å². The second-order valence-electron chi connectivity index (χ2n) is 6.17. The van der Waals surface area contributed by atoms with Crippen LogP contribution in [0.1, 0.15) is 5.56 Å². The average Bonchev–Trinajstić information content (AvgIpc) is 3.17. The standard InChI is InChI=1S/C21H17BrN2O3S/c1-26-17-8-14(16(22)10-18(17)27-2)11-24-12-23-20-15(21(24)25)9-19(28-20)13-6-4-3-5-7-13/h3-10,12H,11H2,1-2H3. The predicted octanol–water partition coefficient (Wildman–Crippen LogP) is 4.95. The van der Waals surface area contributed by atoms with E-state index in [0.717, 1.165) is 25.3 Å². The Balaban J connectivity index is 1.74. The third-order valence-electron chi connectivity index (χ3n) is 4.47. The first-order valence-corrected chi connectivity index (χ1v) is 10.2. The van der Waals surface area contributed by atoms with Crippen LogP contribution >= 0.6 is 27.3 Å². The van der Waals surface area contributed by atoms with Crippen LogP contribution in [-0.4, -0.2) is 23.8 Å². The molecule has 0 saturated heterocycles. The summed E-state index contributed by atoms with van der Waals surface area (Å²) in [6.07, 6.45) is 1.60. The van der Waals surface area contributed by atoms with Crippen molar-refractivity contribution in [2.24, 2.45) is 0 Å². The van der Waals surface area contributed by atoms with Crippen LogP contribution in [0.5, 0.6) is 11.5 Å². The molecule has 2 aromatic carbocycles. The van der Waals surface area contributed by atoms with Crippen LogP contribution in [0.4, 0.5) is 0 Å². The number of nitrogens with zero attached hydrogens (tertiary/aromatic N) is 2. The monoisotopic (exact) mass is 456 g/mol. The van der Waals surface area contributed by atoms with Crippen LogP contribution in [0.3, 0.4) is 0 Å².